The molecule has 0 spiro atoms. The molecule has 0 unspecified atom stereocenters. The van der Waals surface area contributed by atoms with Gasteiger partial charge in [0.05, 0.1) is 0 Å². The highest BCUT2D eigenvalue weighted by molar-refractivity contribution is 5.36. The number of aromatic nitrogens is 2. The molecule has 0 bridgehead atoms. The van der Waals surface area contributed by atoms with E-state index in [2.05, 4.69) is 10.1 Å². The standard InChI is InChI=1S/C14H16FN3O2/c1-8(16)11-6-10(15)4-5-12(11)19-7-13-17-14(18-20-13)9-2-3-9/h4-6,8-9H,2-3,7,16H2,1H3/t8-/m1/s1. The molecule has 0 radical (unpaired) electrons. The lowest BCUT2D eigenvalue weighted by Crippen LogP contribution is -2.08. The highest BCUT2D eigenvalue weighted by atomic mass is 19.1. The van der Waals surface area contributed by atoms with Crippen molar-refractivity contribution < 1.29 is 13.7 Å². The summed E-state index contributed by atoms with van der Waals surface area (Å²) in [5.74, 6) is 1.81. The Labute approximate surface area is 115 Å². The van der Waals surface area contributed by atoms with Crippen molar-refractivity contribution in [3.8, 4) is 5.75 Å². The predicted octanol–water partition coefficient (Wildman–Crippen LogP) is 2.68. The molecule has 1 aromatic carbocycles. The summed E-state index contributed by atoms with van der Waals surface area (Å²) >= 11 is 0. The number of nitrogens with two attached hydrogens (primary N) is 1. The van der Waals surface area contributed by atoms with Gasteiger partial charge in [-0.2, -0.15) is 4.98 Å². The van der Waals surface area contributed by atoms with Crippen LogP contribution in [0.2, 0.25) is 0 Å². The maximum Gasteiger partial charge on any atom is 0.264 e. The van der Waals surface area contributed by atoms with Crippen molar-refractivity contribution in [1.29, 1.82) is 0 Å². The molecule has 3 rings (SSSR count). The first-order valence-electron chi connectivity index (χ1n) is 6.64. The van der Waals surface area contributed by atoms with Crippen LogP contribution in [0.5, 0.6) is 5.75 Å². The van der Waals surface area contributed by atoms with Crippen LogP contribution in [0.25, 0.3) is 0 Å². The molecular formula is C14H16FN3O2. The maximum atomic E-state index is 13.2. The van der Waals surface area contributed by atoms with Crippen molar-refractivity contribution in [2.45, 2.75) is 38.3 Å². The van der Waals surface area contributed by atoms with Gasteiger partial charge in [-0.25, -0.2) is 4.39 Å². The molecule has 6 heteroatoms. The van der Waals surface area contributed by atoms with Crippen molar-refractivity contribution in [2.24, 2.45) is 5.73 Å². The average Bonchev–Trinajstić information content (AvgIpc) is 3.17. The van der Waals surface area contributed by atoms with E-state index < -0.39 is 0 Å². The first-order valence-corrected chi connectivity index (χ1v) is 6.64. The van der Waals surface area contributed by atoms with Crippen molar-refractivity contribution in [3.05, 3.63) is 41.3 Å². The minimum atomic E-state index is -0.335. The van der Waals surface area contributed by atoms with Crippen LogP contribution in [0.4, 0.5) is 4.39 Å². The third kappa shape index (κ3) is 2.80. The van der Waals surface area contributed by atoms with E-state index in [-0.39, 0.29) is 18.5 Å². The molecule has 0 saturated heterocycles. The van der Waals surface area contributed by atoms with Gasteiger partial charge in [-0.15, -0.1) is 0 Å². The van der Waals surface area contributed by atoms with Crippen LogP contribution in [0.15, 0.2) is 22.7 Å². The number of benzene rings is 1. The van der Waals surface area contributed by atoms with Crippen LogP contribution < -0.4 is 10.5 Å². The zero-order valence-electron chi connectivity index (χ0n) is 11.2. The Morgan fingerprint density at radius 3 is 3.00 bits per heavy atom. The van der Waals surface area contributed by atoms with Gasteiger partial charge in [0.15, 0.2) is 12.4 Å². The van der Waals surface area contributed by atoms with Crippen LogP contribution >= 0.6 is 0 Å². The Balaban J connectivity index is 1.70. The first kappa shape index (κ1) is 13.1. The lowest BCUT2D eigenvalue weighted by atomic mass is 10.1. The molecular weight excluding hydrogens is 261 g/mol. The molecule has 1 aromatic heterocycles. The zero-order valence-corrected chi connectivity index (χ0v) is 11.2. The van der Waals surface area contributed by atoms with Gasteiger partial charge in [0.1, 0.15) is 11.6 Å². The minimum Gasteiger partial charge on any atom is -0.483 e. The molecule has 1 saturated carbocycles. The summed E-state index contributed by atoms with van der Waals surface area (Å²) < 4.78 is 23.9. The van der Waals surface area contributed by atoms with Crippen molar-refractivity contribution in [1.82, 2.24) is 10.1 Å². The van der Waals surface area contributed by atoms with E-state index in [0.717, 1.165) is 18.7 Å². The Morgan fingerprint density at radius 1 is 1.50 bits per heavy atom. The van der Waals surface area contributed by atoms with E-state index in [1.54, 1.807) is 13.0 Å². The van der Waals surface area contributed by atoms with Gasteiger partial charge < -0.3 is 15.0 Å². The van der Waals surface area contributed by atoms with Crippen molar-refractivity contribution in [3.63, 3.8) is 0 Å². The van der Waals surface area contributed by atoms with Crippen LogP contribution in [-0.4, -0.2) is 10.1 Å². The first-order chi connectivity index (χ1) is 9.63. The fraction of sp³-hybridized carbons (Fsp3) is 0.429. The summed E-state index contributed by atoms with van der Waals surface area (Å²) in [7, 11) is 0. The molecule has 20 heavy (non-hydrogen) atoms. The number of halogens is 1. The zero-order chi connectivity index (χ0) is 14.1. The summed E-state index contributed by atoms with van der Waals surface area (Å²) in [5.41, 5.74) is 6.42. The van der Waals surface area contributed by atoms with Crippen LogP contribution in [0.1, 0.15) is 49.0 Å². The van der Waals surface area contributed by atoms with Crippen LogP contribution in [0, 0.1) is 5.82 Å². The lowest BCUT2D eigenvalue weighted by molar-refractivity contribution is 0.239. The highest BCUT2D eigenvalue weighted by Crippen LogP contribution is 2.38. The molecule has 0 aliphatic heterocycles. The fourth-order valence-electron chi connectivity index (χ4n) is 1.98. The molecule has 1 heterocycles. The van der Waals surface area contributed by atoms with Crippen LogP contribution in [0.3, 0.4) is 0 Å². The summed E-state index contributed by atoms with van der Waals surface area (Å²) in [6.07, 6.45) is 2.24. The second kappa shape index (κ2) is 5.20. The van der Waals surface area contributed by atoms with E-state index >= 15 is 0 Å². The molecule has 0 amide bonds. The minimum absolute atomic E-state index is 0.158. The van der Waals surface area contributed by atoms with E-state index in [4.69, 9.17) is 15.0 Å². The lowest BCUT2D eigenvalue weighted by Gasteiger charge is -2.12. The van der Waals surface area contributed by atoms with Crippen LogP contribution in [-0.2, 0) is 6.61 Å². The SMILES string of the molecule is C[C@@H](N)c1cc(F)ccc1OCc1nc(C2CC2)no1. The number of hydrogen-bond donors (Lipinski definition) is 1. The van der Waals surface area contributed by atoms with Gasteiger partial charge in [0.25, 0.3) is 5.89 Å². The van der Waals surface area contributed by atoms with E-state index in [0.29, 0.717) is 23.1 Å². The molecule has 2 aromatic rings. The number of ether oxygens (including phenoxy) is 1. The predicted molar refractivity (Wildman–Crippen MR) is 69.6 cm³/mol. The van der Waals surface area contributed by atoms with Gasteiger partial charge in [0.2, 0.25) is 0 Å². The molecule has 106 valence electrons. The highest BCUT2D eigenvalue weighted by Gasteiger charge is 2.28. The average molecular weight is 277 g/mol. The Morgan fingerprint density at radius 2 is 2.30 bits per heavy atom. The number of hydrogen-bond acceptors (Lipinski definition) is 5. The summed E-state index contributed by atoms with van der Waals surface area (Å²) in [6.45, 7) is 1.94. The number of nitrogens with zero attached hydrogens (tertiary/aromatic N) is 2. The molecule has 2 N–H and O–H groups in total. The van der Waals surface area contributed by atoms with Gasteiger partial charge in [-0.05, 0) is 38.0 Å². The monoisotopic (exact) mass is 277 g/mol. The molecule has 1 aliphatic carbocycles. The van der Waals surface area contributed by atoms with E-state index in [1.165, 1.54) is 12.1 Å². The van der Waals surface area contributed by atoms with Gasteiger partial charge in [0, 0.05) is 17.5 Å². The molecule has 5 nitrogen and oxygen atoms in total. The second-order valence-corrected chi connectivity index (χ2v) is 5.08. The van der Waals surface area contributed by atoms with E-state index in [9.17, 15) is 4.39 Å². The Bertz CT molecular complexity index is 608. The Hall–Kier alpha value is -1.95. The largest absolute Gasteiger partial charge is 0.483 e. The normalized spacial score (nSPS) is 16.1. The van der Waals surface area contributed by atoms with E-state index in [1.807, 2.05) is 0 Å². The maximum absolute atomic E-state index is 13.2. The topological polar surface area (TPSA) is 74.2 Å². The Kier molecular flexibility index (Phi) is 3.40. The summed E-state index contributed by atoms with van der Waals surface area (Å²) in [4.78, 5) is 4.27. The third-order valence-corrected chi connectivity index (χ3v) is 3.24. The third-order valence-electron chi connectivity index (χ3n) is 3.24. The quantitative estimate of drug-likeness (QED) is 0.909. The molecule has 1 fully saturated rings. The number of rotatable bonds is 5. The smallest absolute Gasteiger partial charge is 0.264 e. The second-order valence-electron chi connectivity index (χ2n) is 5.08. The van der Waals surface area contributed by atoms with Crippen molar-refractivity contribution in [2.75, 3.05) is 0 Å². The van der Waals surface area contributed by atoms with Gasteiger partial charge in [-0.1, -0.05) is 5.16 Å². The summed E-state index contributed by atoms with van der Waals surface area (Å²) in [5, 5.41) is 3.91. The summed E-state index contributed by atoms with van der Waals surface area (Å²) in [6, 6.07) is 3.96. The van der Waals surface area contributed by atoms with Crippen molar-refractivity contribution >= 4 is 0 Å². The van der Waals surface area contributed by atoms with Gasteiger partial charge >= 0.3 is 0 Å². The van der Waals surface area contributed by atoms with Gasteiger partial charge in [-0.3, -0.25) is 0 Å². The molecule has 1 aliphatic rings. The fourth-order valence-corrected chi connectivity index (χ4v) is 1.98. The molecule has 1 atom stereocenters.